The number of anilines is 1. The Morgan fingerprint density at radius 2 is 2.15 bits per heavy atom. The number of fused-ring (bicyclic) bond motifs is 1. The summed E-state index contributed by atoms with van der Waals surface area (Å²) in [5, 5.41) is 5.61. The highest BCUT2D eigenvalue weighted by atomic mass is 16.5. The van der Waals surface area contributed by atoms with Gasteiger partial charge < -0.3 is 9.64 Å². The fourth-order valence-corrected chi connectivity index (χ4v) is 3.71. The van der Waals surface area contributed by atoms with Crippen molar-refractivity contribution < 1.29 is 4.74 Å². The summed E-state index contributed by atoms with van der Waals surface area (Å²) < 4.78 is 7.86. The van der Waals surface area contributed by atoms with E-state index in [9.17, 15) is 0 Å². The molecule has 4 heterocycles. The lowest BCUT2D eigenvalue weighted by molar-refractivity contribution is 0.0439. The predicted molar refractivity (Wildman–Crippen MR) is 106 cm³/mol. The average molecular weight is 366 g/mol. The molecule has 142 valence electrons. The lowest BCUT2D eigenvalue weighted by atomic mass is 10.1. The normalized spacial score (nSPS) is 17.6. The van der Waals surface area contributed by atoms with Crippen molar-refractivity contribution in [1.82, 2.24) is 24.7 Å². The lowest BCUT2D eigenvalue weighted by Crippen LogP contribution is -2.40. The molecule has 1 aliphatic heterocycles. The van der Waals surface area contributed by atoms with Crippen LogP contribution in [0.2, 0.25) is 0 Å². The van der Waals surface area contributed by atoms with Gasteiger partial charge in [-0.15, -0.1) is 0 Å². The maximum absolute atomic E-state index is 6.03. The van der Waals surface area contributed by atoms with Crippen LogP contribution in [0.15, 0.2) is 24.4 Å². The zero-order valence-corrected chi connectivity index (χ0v) is 16.2. The highest BCUT2D eigenvalue weighted by Crippen LogP contribution is 2.31. The molecule has 27 heavy (non-hydrogen) atoms. The van der Waals surface area contributed by atoms with E-state index in [0.29, 0.717) is 5.82 Å². The van der Waals surface area contributed by atoms with Gasteiger partial charge in [-0.2, -0.15) is 5.10 Å². The number of hydrogen-bond acceptors (Lipinski definition) is 6. The Labute approximate surface area is 159 Å². The van der Waals surface area contributed by atoms with Gasteiger partial charge in [0.25, 0.3) is 0 Å². The number of aryl methyl sites for hydroxylation is 2. The smallest absolute Gasteiger partial charge is 0.182 e. The van der Waals surface area contributed by atoms with E-state index in [4.69, 9.17) is 14.7 Å². The Morgan fingerprint density at radius 3 is 2.93 bits per heavy atom. The minimum Gasteiger partial charge on any atom is -0.376 e. The summed E-state index contributed by atoms with van der Waals surface area (Å²) in [5.41, 5.74) is 2.57. The molecule has 3 aromatic rings. The minimum absolute atomic E-state index is 0.249. The van der Waals surface area contributed by atoms with E-state index in [1.165, 1.54) is 0 Å². The molecule has 1 fully saturated rings. The van der Waals surface area contributed by atoms with Gasteiger partial charge in [-0.25, -0.2) is 9.97 Å². The van der Waals surface area contributed by atoms with Crippen molar-refractivity contribution in [3.63, 3.8) is 0 Å². The molecule has 0 amide bonds. The molecular weight excluding hydrogens is 340 g/mol. The number of pyridine rings is 1. The number of aromatic nitrogens is 5. The first-order valence-electron chi connectivity index (χ1n) is 9.66. The summed E-state index contributed by atoms with van der Waals surface area (Å²) in [6.45, 7) is 6.79. The van der Waals surface area contributed by atoms with Crippen LogP contribution in [0.25, 0.3) is 22.6 Å². The molecule has 4 rings (SSSR count). The van der Waals surface area contributed by atoms with Crippen LogP contribution in [-0.2, 0) is 11.8 Å². The topological polar surface area (TPSA) is 69.0 Å². The average Bonchev–Trinajstić information content (AvgIpc) is 3.00. The Kier molecular flexibility index (Phi) is 5.03. The van der Waals surface area contributed by atoms with Crippen molar-refractivity contribution in [3.8, 4) is 11.5 Å². The van der Waals surface area contributed by atoms with E-state index in [-0.39, 0.29) is 6.10 Å². The van der Waals surface area contributed by atoms with Crippen LogP contribution >= 0.6 is 0 Å². The quantitative estimate of drug-likeness (QED) is 0.691. The molecule has 7 heteroatoms. The van der Waals surface area contributed by atoms with Crippen molar-refractivity contribution in [2.24, 2.45) is 7.05 Å². The summed E-state index contributed by atoms with van der Waals surface area (Å²) in [7, 11) is 1.93. The summed E-state index contributed by atoms with van der Waals surface area (Å²) in [4.78, 5) is 16.5. The lowest BCUT2D eigenvalue weighted by Gasteiger charge is -2.34. The number of ether oxygens (including phenoxy) is 1. The Morgan fingerprint density at radius 1 is 1.26 bits per heavy atom. The maximum Gasteiger partial charge on any atom is 0.182 e. The van der Waals surface area contributed by atoms with Crippen LogP contribution < -0.4 is 4.90 Å². The van der Waals surface area contributed by atoms with Crippen LogP contribution in [0.1, 0.15) is 31.9 Å². The Hall–Kier alpha value is -2.54. The first-order valence-corrected chi connectivity index (χ1v) is 9.66. The molecule has 1 atom stereocenters. The highest BCUT2D eigenvalue weighted by molar-refractivity contribution is 5.91. The zero-order chi connectivity index (χ0) is 18.8. The molecule has 0 saturated carbocycles. The molecule has 0 spiro atoms. The minimum atomic E-state index is 0.249. The summed E-state index contributed by atoms with van der Waals surface area (Å²) in [5.74, 6) is 1.58. The predicted octanol–water partition coefficient (Wildman–Crippen LogP) is 3.13. The van der Waals surface area contributed by atoms with Crippen LogP contribution in [0.3, 0.4) is 0 Å². The Bertz CT molecular complexity index is 923. The number of hydrogen-bond donors (Lipinski definition) is 0. The van der Waals surface area contributed by atoms with Gasteiger partial charge >= 0.3 is 0 Å². The van der Waals surface area contributed by atoms with Crippen LogP contribution in [0.4, 0.5) is 5.82 Å². The number of rotatable bonds is 5. The van der Waals surface area contributed by atoms with Gasteiger partial charge in [0.2, 0.25) is 0 Å². The molecule has 1 saturated heterocycles. The summed E-state index contributed by atoms with van der Waals surface area (Å²) >= 11 is 0. The molecular formula is C20H26N6O. The van der Waals surface area contributed by atoms with Crippen molar-refractivity contribution in [3.05, 3.63) is 30.1 Å². The first-order chi connectivity index (χ1) is 13.2. The molecule has 3 aromatic heterocycles. The van der Waals surface area contributed by atoms with Gasteiger partial charge in [0, 0.05) is 32.9 Å². The van der Waals surface area contributed by atoms with Gasteiger partial charge in [-0.05, 0) is 38.3 Å². The van der Waals surface area contributed by atoms with Crippen molar-refractivity contribution >= 4 is 16.9 Å². The molecule has 0 aliphatic carbocycles. The first kappa shape index (κ1) is 17.9. The third-order valence-corrected chi connectivity index (χ3v) is 4.97. The van der Waals surface area contributed by atoms with E-state index in [1.807, 2.05) is 36.9 Å². The second kappa shape index (κ2) is 7.60. The van der Waals surface area contributed by atoms with Crippen LogP contribution in [-0.4, -0.2) is 50.5 Å². The second-order valence-electron chi connectivity index (χ2n) is 7.07. The van der Waals surface area contributed by atoms with E-state index in [1.54, 1.807) is 6.20 Å². The van der Waals surface area contributed by atoms with Gasteiger partial charge in [-0.3, -0.25) is 9.67 Å². The van der Waals surface area contributed by atoms with Crippen LogP contribution in [0.5, 0.6) is 0 Å². The molecule has 1 aliphatic rings. The van der Waals surface area contributed by atoms with Crippen LogP contribution in [0, 0.1) is 6.92 Å². The van der Waals surface area contributed by atoms with Crippen molar-refractivity contribution in [2.75, 3.05) is 24.6 Å². The number of nitrogens with zero attached hydrogens (tertiary/aromatic N) is 6. The van der Waals surface area contributed by atoms with E-state index in [2.05, 4.69) is 21.9 Å². The van der Waals surface area contributed by atoms with Crippen molar-refractivity contribution in [1.29, 1.82) is 0 Å². The fraction of sp³-hybridized carbons (Fsp3) is 0.500. The second-order valence-corrected chi connectivity index (χ2v) is 7.07. The highest BCUT2D eigenvalue weighted by Gasteiger charge is 2.26. The summed E-state index contributed by atoms with van der Waals surface area (Å²) in [6.07, 6.45) is 5.26. The number of piperidine rings is 1. The monoisotopic (exact) mass is 366 g/mol. The molecule has 0 N–H and O–H groups in total. The standard InChI is InChI=1S/C20H26N6O/c1-4-12-27-15-8-7-11-26(13-15)20-17-14(2)24-25(3)19(17)22-18(23-20)16-9-5-6-10-21-16/h5-6,9-10,15H,4,7-8,11-13H2,1-3H3/t15-/m1/s1. The van der Waals surface area contributed by atoms with Crippen molar-refractivity contribution in [2.45, 2.75) is 39.2 Å². The molecule has 0 radical (unpaired) electrons. The van der Waals surface area contributed by atoms with E-state index >= 15 is 0 Å². The zero-order valence-electron chi connectivity index (χ0n) is 16.2. The van der Waals surface area contributed by atoms with E-state index in [0.717, 1.165) is 67.2 Å². The third kappa shape index (κ3) is 3.51. The van der Waals surface area contributed by atoms with Gasteiger partial charge in [0.1, 0.15) is 11.5 Å². The molecule has 0 aromatic carbocycles. The molecule has 0 bridgehead atoms. The fourth-order valence-electron chi connectivity index (χ4n) is 3.71. The summed E-state index contributed by atoms with van der Waals surface area (Å²) in [6, 6.07) is 5.80. The Balaban J connectivity index is 1.78. The SMILES string of the molecule is CCCO[C@@H]1CCCN(c2nc(-c3ccccn3)nc3c2c(C)nn3C)C1. The van der Waals surface area contributed by atoms with Gasteiger partial charge in [0.15, 0.2) is 11.5 Å². The molecule has 7 nitrogen and oxygen atoms in total. The molecule has 0 unspecified atom stereocenters. The van der Waals surface area contributed by atoms with Gasteiger partial charge in [0.05, 0.1) is 17.2 Å². The maximum atomic E-state index is 6.03. The largest absolute Gasteiger partial charge is 0.376 e. The van der Waals surface area contributed by atoms with Gasteiger partial charge in [-0.1, -0.05) is 13.0 Å². The van der Waals surface area contributed by atoms with E-state index < -0.39 is 0 Å². The third-order valence-electron chi connectivity index (χ3n) is 4.97.